The number of imidazole rings is 1. The topological polar surface area (TPSA) is 53.1 Å². The van der Waals surface area contributed by atoms with Crippen molar-refractivity contribution in [3.63, 3.8) is 0 Å². The lowest BCUT2D eigenvalue weighted by molar-refractivity contribution is 0.344. The Labute approximate surface area is 76.7 Å². The second-order valence-electron chi connectivity index (χ2n) is 3.98. The normalized spacial score (nSPS) is 22.6. The molecule has 4 heteroatoms. The molecule has 0 bridgehead atoms. The summed E-state index contributed by atoms with van der Waals surface area (Å²) < 4.78 is 7.51. The van der Waals surface area contributed by atoms with Crippen LogP contribution in [0, 0.1) is 6.92 Å². The van der Waals surface area contributed by atoms with Crippen molar-refractivity contribution < 1.29 is 4.74 Å². The van der Waals surface area contributed by atoms with E-state index in [0.717, 1.165) is 37.7 Å². The molecule has 4 nitrogen and oxygen atoms in total. The first-order valence-corrected chi connectivity index (χ1v) is 4.70. The zero-order valence-electron chi connectivity index (χ0n) is 7.71. The highest BCUT2D eigenvalue weighted by atomic mass is 16.5. The zero-order chi connectivity index (χ0) is 9.05. The molecule has 0 spiro atoms. The van der Waals surface area contributed by atoms with Gasteiger partial charge >= 0.3 is 0 Å². The van der Waals surface area contributed by atoms with Gasteiger partial charge in [-0.2, -0.15) is 0 Å². The van der Waals surface area contributed by atoms with Crippen LogP contribution in [0.5, 0.6) is 6.01 Å². The van der Waals surface area contributed by atoms with E-state index in [2.05, 4.69) is 9.55 Å². The second kappa shape index (κ2) is 2.07. The van der Waals surface area contributed by atoms with Crippen LogP contribution in [0.3, 0.4) is 0 Å². The van der Waals surface area contributed by atoms with Gasteiger partial charge in [0.1, 0.15) is 6.61 Å². The Morgan fingerprint density at radius 2 is 2.31 bits per heavy atom. The molecule has 0 radical (unpaired) electrons. The number of ether oxygens (including phenoxy) is 1. The van der Waals surface area contributed by atoms with Crippen molar-refractivity contribution in [1.82, 2.24) is 9.55 Å². The number of hydrogen-bond acceptors (Lipinski definition) is 3. The van der Waals surface area contributed by atoms with Crippen LogP contribution in [-0.4, -0.2) is 16.2 Å². The van der Waals surface area contributed by atoms with Crippen LogP contribution in [0.25, 0.3) is 0 Å². The third-order valence-electron chi connectivity index (χ3n) is 2.91. The average Bonchev–Trinajstić information content (AvgIpc) is 2.55. The number of aromatic nitrogens is 2. The quantitative estimate of drug-likeness (QED) is 0.684. The molecule has 1 aliphatic carbocycles. The van der Waals surface area contributed by atoms with Gasteiger partial charge < -0.3 is 10.5 Å². The minimum atomic E-state index is -0.0942. The molecule has 1 aromatic heterocycles. The molecule has 1 aliphatic heterocycles. The van der Waals surface area contributed by atoms with Gasteiger partial charge in [0.05, 0.1) is 23.5 Å². The molecule has 0 amide bonds. The minimum Gasteiger partial charge on any atom is -0.463 e. The van der Waals surface area contributed by atoms with E-state index in [4.69, 9.17) is 10.5 Å². The predicted octanol–water partition coefficient (Wildman–Crippen LogP) is 0.532. The van der Waals surface area contributed by atoms with Crippen molar-refractivity contribution in [3.8, 4) is 6.01 Å². The summed E-state index contributed by atoms with van der Waals surface area (Å²) in [5, 5.41) is 0. The highest BCUT2D eigenvalue weighted by Crippen LogP contribution is 2.45. The highest BCUT2D eigenvalue weighted by molar-refractivity contribution is 5.32. The Bertz CT molecular complexity index is 365. The van der Waals surface area contributed by atoms with Gasteiger partial charge in [0, 0.05) is 0 Å². The molecule has 0 atom stereocenters. The van der Waals surface area contributed by atoms with Crippen molar-refractivity contribution in [2.24, 2.45) is 5.73 Å². The lowest BCUT2D eigenvalue weighted by Crippen LogP contribution is -2.23. The molecule has 3 rings (SSSR count). The first-order chi connectivity index (χ1) is 6.21. The maximum absolute atomic E-state index is 6.17. The molecule has 70 valence electrons. The molecule has 1 saturated carbocycles. The largest absolute Gasteiger partial charge is 0.463 e. The maximum Gasteiger partial charge on any atom is 0.296 e. The average molecular weight is 179 g/mol. The lowest BCUT2D eigenvalue weighted by atomic mass is 10.1. The molecule has 0 aromatic carbocycles. The van der Waals surface area contributed by atoms with Gasteiger partial charge in [0.2, 0.25) is 0 Å². The fraction of sp³-hybridized carbons (Fsp3) is 0.667. The van der Waals surface area contributed by atoms with E-state index in [-0.39, 0.29) is 5.54 Å². The summed E-state index contributed by atoms with van der Waals surface area (Å²) in [5.41, 5.74) is 8.31. The smallest absolute Gasteiger partial charge is 0.296 e. The van der Waals surface area contributed by atoms with E-state index >= 15 is 0 Å². The fourth-order valence-electron chi connectivity index (χ4n) is 2.09. The van der Waals surface area contributed by atoms with Gasteiger partial charge in [-0.25, -0.2) is 4.98 Å². The molecule has 0 saturated heterocycles. The number of rotatable bonds is 1. The Morgan fingerprint density at radius 3 is 3.00 bits per heavy atom. The van der Waals surface area contributed by atoms with Crippen molar-refractivity contribution in [1.29, 1.82) is 0 Å². The monoisotopic (exact) mass is 179 g/mol. The number of nitrogens with two attached hydrogens (primary N) is 1. The van der Waals surface area contributed by atoms with Crippen LogP contribution < -0.4 is 10.5 Å². The number of aryl methyl sites for hydroxylation is 1. The van der Waals surface area contributed by atoms with E-state index in [0.29, 0.717) is 0 Å². The van der Waals surface area contributed by atoms with Gasteiger partial charge in [-0.15, -0.1) is 0 Å². The molecule has 1 fully saturated rings. The first-order valence-electron chi connectivity index (χ1n) is 4.70. The summed E-state index contributed by atoms with van der Waals surface area (Å²) in [7, 11) is 0. The fourth-order valence-corrected chi connectivity index (χ4v) is 2.09. The summed E-state index contributed by atoms with van der Waals surface area (Å²) in [6, 6.07) is 0.754. The molecular formula is C9H13N3O. The van der Waals surface area contributed by atoms with Gasteiger partial charge in [-0.1, -0.05) is 0 Å². The van der Waals surface area contributed by atoms with E-state index in [9.17, 15) is 0 Å². The summed E-state index contributed by atoms with van der Waals surface area (Å²) in [5.74, 6) is 0. The number of fused-ring (bicyclic) bond motifs is 1. The molecule has 1 aromatic rings. The van der Waals surface area contributed by atoms with Crippen molar-refractivity contribution >= 4 is 0 Å². The number of hydrogen-bond donors (Lipinski definition) is 1. The summed E-state index contributed by atoms with van der Waals surface area (Å²) >= 11 is 0. The lowest BCUT2D eigenvalue weighted by Gasteiger charge is -2.10. The van der Waals surface area contributed by atoms with E-state index in [1.165, 1.54) is 5.69 Å². The Morgan fingerprint density at radius 1 is 1.54 bits per heavy atom. The minimum absolute atomic E-state index is 0.0942. The summed E-state index contributed by atoms with van der Waals surface area (Å²) in [6.45, 7) is 3.66. The maximum atomic E-state index is 6.17. The van der Waals surface area contributed by atoms with Crippen molar-refractivity contribution in [2.75, 3.05) is 6.61 Å². The van der Waals surface area contributed by atoms with E-state index in [1.54, 1.807) is 0 Å². The van der Waals surface area contributed by atoms with Crippen LogP contribution in [0.1, 0.15) is 24.2 Å². The van der Waals surface area contributed by atoms with Crippen LogP contribution >= 0.6 is 0 Å². The van der Waals surface area contributed by atoms with Crippen LogP contribution in [0.4, 0.5) is 0 Å². The molecule has 0 unspecified atom stereocenters. The summed E-state index contributed by atoms with van der Waals surface area (Å²) in [6.07, 6.45) is 2.16. The van der Waals surface area contributed by atoms with Gasteiger partial charge in [0.15, 0.2) is 0 Å². The third kappa shape index (κ3) is 0.864. The van der Waals surface area contributed by atoms with Crippen LogP contribution in [0.2, 0.25) is 0 Å². The molecule has 2 aliphatic rings. The van der Waals surface area contributed by atoms with Crippen molar-refractivity contribution in [3.05, 3.63) is 11.4 Å². The molecule has 13 heavy (non-hydrogen) atoms. The van der Waals surface area contributed by atoms with Gasteiger partial charge in [0.25, 0.3) is 6.01 Å². The Hall–Kier alpha value is -1.03. The molecular weight excluding hydrogens is 166 g/mol. The standard InChI is InChI=1S/C9H13N3O/c1-6-7(9(10)2-3-9)12-4-5-13-8(12)11-6/h2-5,10H2,1H3. The first kappa shape index (κ1) is 7.38. The van der Waals surface area contributed by atoms with Crippen molar-refractivity contribution in [2.45, 2.75) is 31.8 Å². The van der Waals surface area contributed by atoms with E-state index in [1.807, 2.05) is 6.92 Å². The zero-order valence-corrected chi connectivity index (χ0v) is 7.71. The van der Waals surface area contributed by atoms with Gasteiger partial charge in [-0.05, 0) is 19.8 Å². The second-order valence-corrected chi connectivity index (χ2v) is 3.98. The summed E-state index contributed by atoms with van der Waals surface area (Å²) in [4.78, 5) is 4.36. The highest BCUT2D eigenvalue weighted by Gasteiger charge is 2.45. The van der Waals surface area contributed by atoms with Crippen LogP contribution in [0.15, 0.2) is 0 Å². The Balaban J connectivity index is 2.17. The molecule has 2 heterocycles. The Kier molecular flexibility index (Phi) is 1.17. The number of nitrogens with zero attached hydrogens (tertiary/aromatic N) is 2. The predicted molar refractivity (Wildman–Crippen MR) is 47.6 cm³/mol. The molecule has 2 N–H and O–H groups in total. The third-order valence-corrected chi connectivity index (χ3v) is 2.91. The van der Waals surface area contributed by atoms with E-state index < -0.39 is 0 Å². The SMILES string of the molecule is Cc1nc2n(c1C1(N)CC1)CCO2. The van der Waals surface area contributed by atoms with Gasteiger partial charge in [-0.3, -0.25) is 4.57 Å². The van der Waals surface area contributed by atoms with Crippen LogP contribution in [-0.2, 0) is 12.1 Å².